The van der Waals surface area contributed by atoms with Gasteiger partial charge in [-0.1, -0.05) is 31.0 Å². The summed E-state index contributed by atoms with van der Waals surface area (Å²) in [6.45, 7) is 1.91. The average molecular weight is 437 g/mol. The number of aliphatic hydroxyl groups is 2. The highest BCUT2D eigenvalue weighted by Crippen LogP contribution is 2.44. The summed E-state index contributed by atoms with van der Waals surface area (Å²) in [7, 11) is 0. The lowest BCUT2D eigenvalue weighted by Crippen LogP contribution is -2.57. The van der Waals surface area contributed by atoms with Crippen molar-refractivity contribution in [3.8, 4) is 0 Å². The standard InChI is InChI=1S/C22H29F2N3O4/c1-13(22(23,24)21(31)8-2-3-9-21)25-11-14-4-5-16-15(10-14)12-27(20(16)30)17-6-7-18(28)26-19(17)29/h4-5,10,13,17,20,25,30-31H,2-3,6-9,11-12H2,1H3,(H,26,28,29). The van der Waals surface area contributed by atoms with Crippen LogP contribution in [-0.4, -0.2) is 50.5 Å². The Kier molecular flexibility index (Phi) is 5.89. The Morgan fingerprint density at radius 1 is 1.32 bits per heavy atom. The van der Waals surface area contributed by atoms with Crippen molar-refractivity contribution in [3.05, 3.63) is 34.9 Å². The van der Waals surface area contributed by atoms with E-state index in [0.29, 0.717) is 31.4 Å². The van der Waals surface area contributed by atoms with Crippen molar-refractivity contribution < 1.29 is 28.6 Å². The van der Waals surface area contributed by atoms with E-state index in [1.807, 2.05) is 6.07 Å². The number of aliphatic hydroxyl groups excluding tert-OH is 1. The van der Waals surface area contributed by atoms with Gasteiger partial charge in [-0.15, -0.1) is 0 Å². The van der Waals surface area contributed by atoms with Gasteiger partial charge in [-0.05, 0) is 42.9 Å². The normalized spacial score (nSPS) is 27.3. The molecule has 3 atom stereocenters. The number of alkyl halides is 2. The molecular weight excluding hydrogens is 408 g/mol. The van der Waals surface area contributed by atoms with Crippen molar-refractivity contribution >= 4 is 11.8 Å². The predicted molar refractivity (Wildman–Crippen MR) is 108 cm³/mol. The molecule has 4 rings (SSSR count). The molecule has 170 valence electrons. The summed E-state index contributed by atoms with van der Waals surface area (Å²) >= 11 is 0. The van der Waals surface area contributed by atoms with E-state index in [2.05, 4.69) is 10.6 Å². The lowest BCUT2D eigenvalue weighted by molar-refractivity contribution is -0.192. The first-order chi connectivity index (χ1) is 14.6. The molecule has 2 amide bonds. The summed E-state index contributed by atoms with van der Waals surface area (Å²) in [5.41, 5.74) is 0.318. The zero-order chi connectivity index (χ0) is 22.4. The van der Waals surface area contributed by atoms with E-state index < -0.39 is 35.7 Å². The first-order valence-electron chi connectivity index (χ1n) is 10.9. The van der Waals surface area contributed by atoms with Crippen molar-refractivity contribution in [1.82, 2.24) is 15.5 Å². The summed E-state index contributed by atoms with van der Waals surface area (Å²) < 4.78 is 29.6. The molecule has 31 heavy (non-hydrogen) atoms. The van der Waals surface area contributed by atoms with Gasteiger partial charge in [0.05, 0.1) is 12.1 Å². The van der Waals surface area contributed by atoms with E-state index in [9.17, 15) is 28.6 Å². The number of hydrogen-bond donors (Lipinski definition) is 4. The Balaban J connectivity index is 1.41. The van der Waals surface area contributed by atoms with E-state index >= 15 is 0 Å². The van der Waals surface area contributed by atoms with Gasteiger partial charge in [-0.2, -0.15) is 0 Å². The molecule has 2 heterocycles. The lowest BCUT2D eigenvalue weighted by atomic mass is 9.89. The highest BCUT2D eigenvalue weighted by molar-refractivity contribution is 6.00. The number of carbonyl (C=O) groups is 2. The Labute approximate surface area is 179 Å². The summed E-state index contributed by atoms with van der Waals surface area (Å²) in [4.78, 5) is 25.2. The van der Waals surface area contributed by atoms with Crippen LogP contribution in [0, 0.1) is 0 Å². The number of nitrogens with one attached hydrogen (secondary N) is 2. The highest BCUT2D eigenvalue weighted by Gasteiger charge is 2.56. The third-order valence-electron chi connectivity index (χ3n) is 6.97. The van der Waals surface area contributed by atoms with E-state index in [-0.39, 0.29) is 31.7 Å². The predicted octanol–water partition coefficient (Wildman–Crippen LogP) is 1.72. The van der Waals surface area contributed by atoms with Crippen molar-refractivity contribution in [2.45, 2.75) is 88.4 Å². The van der Waals surface area contributed by atoms with Gasteiger partial charge in [0, 0.05) is 19.5 Å². The Bertz CT molecular complexity index is 872. The minimum atomic E-state index is -3.24. The van der Waals surface area contributed by atoms with Crippen LogP contribution in [0.25, 0.3) is 0 Å². The number of nitrogens with zero attached hydrogens (tertiary/aromatic N) is 1. The van der Waals surface area contributed by atoms with E-state index in [0.717, 1.165) is 11.1 Å². The third kappa shape index (κ3) is 4.00. The highest BCUT2D eigenvalue weighted by atomic mass is 19.3. The lowest BCUT2D eigenvalue weighted by Gasteiger charge is -2.37. The second-order valence-electron chi connectivity index (χ2n) is 9.01. The van der Waals surface area contributed by atoms with Crippen LogP contribution in [0.4, 0.5) is 8.78 Å². The molecule has 0 bridgehead atoms. The largest absolute Gasteiger partial charge is 0.384 e. The average Bonchev–Trinajstić information content (AvgIpc) is 3.31. The van der Waals surface area contributed by atoms with Crippen LogP contribution in [0.3, 0.4) is 0 Å². The van der Waals surface area contributed by atoms with Gasteiger partial charge in [-0.3, -0.25) is 19.8 Å². The molecule has 3 aliphatic rings. The number of benzene rings is 1. The second-order valence-corrected chi connectivity index (χ2v) is 9.01. The number of rotatable bonds is 6. The number of fused-ring (bicyclic) bond motifs is 1. The van der Waals surface area contributed by atoms with Crippen LogP contribution < -0.4 is 10.6 Å². The third-order valence-corrected chi connectivity index (χ3v) is 6.97. The fraction of sp³-hybridized carbons (Fsp3) is 0.636. The fourth-order valence-corrected chi connectivity index (χ4v) is 4.99. The fourth-order valence-electron chi connectivity index (χ4n) is 4.99. The molecular formula is C22H29F2N3O4. The summed E-state index contributed by atoms with van der Waals surface area (Å²) in [6.07, 6.45) is 1.05. The molecule has 2 fully saturated rings. The van der Waals surface area contributed by atoms with Gasteiger partial charge in [0.15, 0.2) is 0 Å². The van der Waals surface area contributed by atoms with Crippen LogP contribution in [0.5, 0.6) is 0 Å². The van der Waals surface area contributed by atoms with Crippen LogP contribution in [0.2, 0.25) is 0 Å². The van der Waals surface area contributed by atoms with Crippen LogP contribution in [-0.2, 0) is 22.7 Å². The van der Waals surface area contributed by atoms with Gasteiger partial charge in [0.2, 0.25) is 11.8 Å². The number of amides is 2. The Morgan fingerprint density at radius 3 is 2.71 bits per heavy atom. The molecule has 9 heteroatoms. The minimum Gasteiger partial charge on any atom is -0.384 e. The zero-order valence-electron chi connectivity index (χ0n) is 17.5. The first kappa shape index (κ1) is 22.3. The van der Waals surface area contributed by atoms with Gasteiger partial charge in [-0.25, -0.2) is 8.78 Å². The number of piperidine rings is 1. The van der Waals surface area contributed by atoms with Crippen molar-refractivity contribution in [3.63, 3.8) is 0 Å². The van der Waals surface area contributed by atoms with Crippen molar-refractivity contribution in [2.75, 3.05) is 0 Å². The van der Waals surface area contributed by atoms with Crippen molar-refractivity contribution in [2.24, 2.45) is 0 Å². The second kappa shape index (κ2) is 8.20. The molecule has 1 aromatic rings. The minimum absolute atomic E-state index is 0.110. The van der Waals surface area contributed by atoms with Gasteiger partial charge in [0.1, 0.15) is 11.8 Å². The zero-order valence-corrected chi connectivity index (χ0v) is 17.5. The molecule has 4 N–H and O–H groups in total. The van der Waals surface area contributed by atoms with E-state index in [4.69, 9.17) is 0 Å². The van der Waals surface area contributed by atoms with Gasteiger partial charge >= 0.3 is 0 Å². The maximum Gasteiger partial charge on any atom is 0.290 e. The topological polar surface area (TPSA) is 102 Å². The molecule has 7 nitrogen and oxygen atoms in total. The quantitative estimate of drug-likeness (QED) is 0.506. The molecule has 2 aliphatic heterocycles. The first-order valence-corrected chi connectivity index (χ1v) is 10.9. The SMILES string of the molecule is CC(NCc1ccc2c(c1)CN(C1CCC(=O)NC1=O)C2O)C(F)(F)C1(O)CCCC1. The van der Waals surface area contributed by atoms with Crippen LogP contribution in [0.1, 0.15) is 68.4 Å². The van der Waals surface area contributed by atoms with E-state index in [1.165, 1.54) is 6.92 Å². The van der Waals surface area contributed by atoms with Gasteiger partial charge < -0.3 is 15.5 Å². The molecule has 1 saturated heterocycles. The molecule has 1 saturated carbocycles. The monoisotopic (exact) mass is 437 g/mol. The van der Waals surface area contributed by atoms with Gasteiger partial charge in [0.25, 0.3) is 5.92 Å². The molecule has 0 radical (unpaired) electrons. The molecule has 3 unspecified atom stereocenters. The smallest absolute Gasteiger partial charge is 0.290 e. The number of hydrogen-bond acceptors (Lipinski definition) is 6. The Morgan fingerprint density at radius 2 is 2.03 bits per heavy atom. The summed E-state index contributed by atoms with van der Waals surface area (Å²) in [5.74, 6) is -3.96. The maximum atomic E-state index is 14.8. The van der Waals surface area contributed by atoms with E-state index in [1.54, 1.807) is 17.0 Å². The Hall–Kier alpha value is -1.94. The maximum absolute atomic E-state index is 14.8. The number of halogens is 2. The summed E-state index contributed by atoms with van der Waals surface area (Å²) in [5, 5.41) is 26.2. The summed E-state index contributed by atoms with van der Waals surface area (Å²) in [6, 6.07) is 3.56. The number of imide groups is 1. The molecule has 1 aliphatic carbocycles. The molecule has 1 aromatic carbocycles. The molecule has 0 aromatic heterocycles. The number of carbonyl (C=O) groups excluding carboxylic acids is 2. The molecule has 0 spiro atoms. The van der Waals surface area contributed by atoms with Crippen LogP contribution >= 0.6 is 0 Å². The van der Waals surface area contributed by atoms with Crippen LogP contribution in [0.15, 0.2) is 18.2 Å². The van der Waals surface area contributed by atoms with Crippen molar-refractivity contribution in [1.29, 1.82) is 0 Å².